The summed E-state index contributed by atoms with van der Waals surface area (Å²) < 4.78 is 9.94. The molecule has 8 heteroatoms. The van der Waals surface area contributed by atoms with Crippen molar-refractivity contribution in [2.45, 2.75) is 26.4 Å². The molecule has 0 saturated carbocycles. The summed E-state index contributed by atoms with van der Waals surface area (Å²) in [6, 6.07) is 28.6. The predicted molar refractivity (Wildman–Crippen MR) is 153 cm³/mol. The first-order valence-electron chi connectivity index (χ1n) is 12.9. The predicted octanol–water partition coefficient (Wildman–Crippen LogP) is 7.16. The Labute approximate surface area is 232 Å². The summed E-state index contributed by atoms with van der Waals surface area (Å²) in [4.78, 5) is 15.9. The van der Waals surface area contributed by atoms with Crippen molar-refractivity contribution in [2.75, 3.05) is 11.9 Å². The van der Waals surface area contributed by atoms with Crippen LogP contribution in [0.3, 0.4) is 0 Å². The monoisotopic (exact) mass is 537 g/mol. The Morgan fingerprint density at radius 1 is 1.03 bits per heavy atom. The number of amides is 2. The smallest absolute Gasteiger partial charge is 0.322 e. The van der Waals surface area contributed by atoms with Crippen molar-refractivity contribution >= 4 is 23.3 Å². The molecule has 2 aromatic heterocycles. The Kier molecular flexibility index (Phi) is 6.59. The number of benzene rings is 3. The Balaban J connectivity index is 1.53. The van der Waals surface area contributed by atoms with Crippen LogP contribution in [0.1, 0.15) is 35.5 Å². The fraction of sp³-hybridized carbons (Fsp3) is 0.161. The van der Waals surface area contributed by atoms with Gasteiger partial charge >= 0.3 is 6.03 Å². The average Bonchev–Trinajstić information content (AvgIpc) is 3.50. The van der Waals surface area contributed by atoms with E-state index in [1.165, 1.54) is 0 Å². The number of carbonyl (C=O) groups excluding carboxylic acids is 1. The number of hydrogen-bond acceptors (Lipinski definition) is 3. The fourth-order valence-electron chi connectivity index (χ4n) is 5.20. The second-order valence-electron chi connectivity index (χ2n) is 9.41. The highest BCUT2D eigenvalue weighted by Gasteiger charge is 2.36. The van der Waals surface area contributed by atoms with E-state index in [0.29, 0.717) is 23.9 Å². The van der Waals surface area contributed by atoms with Gasteiger partial charge in [0.1, 0.15) is 11.6 Å². The molecule has 0 radical (unpaired) electrons. The van der Waals surface area contributed by atoms with Crippen molar-refractivity contribution in [3.8, 4) is 17.3 Å². The lowest BCUT2D eigenvalue weighted by atomic mass is 10.0. The van der Waals surface area contributed by atoms with Gasteiger partial charge in [-0.05, 0) is 74.0 Å². The lowest BCUT2D eigenvalue weighted by molar-refractivity contribution is 0.194. The van der Waals surface area contributed by atoms with E-state index >= 15 is 0 Å². The van der Waals surface area contributed by atoms with E-state index in [2.05, 4.69) is 16.0 Å². The van der Waals surface area contributed by atoms with Gasteiger partial charge < -0.3 is 19.5 Å². The first-order valence-corrected chi connectivity index (χ1v) is 13.3. The molecule has 3 heterocycles. The second-order valence-corrected chi connectivity index (χ2v) is 9.85. The van der Waals surface area contributed by atoms with Crippen LogP contribution in [-0.2, 0) is 6.54 Å². The van der Waals surface area contributed by atoms with E-state index in [1.54, 1.807) is 12.1 Å². The number of carbonyl (C=O) groups is 1. The van der Waals surface area contributed by atoms with Gasteiger partial charge in [0.2, 0.25) is 0 Å². The van der Waals surface area contributed by atoms with Gasteiger partial charge in [-0.1, -0.05) is 48.0 Å². The van der Waals surface area contributed by atoms with Crippen molar-refractivity contribution in [2.24, 2.45) is 0 Å². The molecule has 1 N–H and O–H groups in total. The zero-order chi connectivity index (χ0) is 26.9. The first-order chi connectivity index (χ1) is 19.0. The van der Waals surface area contributed by atoms with Gasteiger partial charge in [0, 0.05) is 22.5 Å². The molecule has 7 nitrogen and oxygen atoms in total. The molecule has 1 aliphatic heterocycles. The van der Waals surface area contributed by atoms with Crippen LogP contribution in [0.15, 0.2) is 97.2 Å². The molecular weight excluding hydrogens is 510 g/mol. The number of rotatable bonds is 5. The number of aromatic nitrogens is 3. The molecule has 6 rings (SSSR count). The first kappa shape index (κ1) is 24.8. The zero-order valence-corrected chi connectivity index (χ0v) is 22.5. The number of nitrogens with one attached hydrogen (secondary N) is 1. The van der Waals surface area contributed by atoms with Crippen LogP contribution in [0, 0.1) is 6.92 Å². The van der Waals surface area contributed by atoms with E-state index in [4.69, 9.17) is 21.4 Å². The van der Waals surface area contributed by atoms with Gasteiger partial charge in [-0.15, -0.1) is 0 Å². The third kappa shape index (κ3) is 4.66. The van der Waals surface area contributed by atoms with Crippen molar-refractivity contribution in [3.63, 3.8) is 0 Å². The fourth-order valence-corrected chi connectivity index (χ4v) is 5.39. The van der Waals surface area contributed by atoms with Crippen molar-refractivity contribution in [1.29, 1.82) is 0 Å². The van der Waals surface area contributed by atoms with Crippen LogP contribution in [0.2, 0.25) is 5.02 Å². The molecule has 39 heavy (non-hydrogen) atoms. The molecule has 0 spiro atoms. The average molecular weight is 538 g/mol. The minimum atomic E-state index is -0.393. The number of hydrogen-bond donors (Lipinski definition) is 1. The van der Waals surface area contributed by atoms with Crippen LogP contribution in [-0.4, -0.2) is 31.9 Å². The van der Waals surface area contributed by atoms with Crippen LogP contribution >= 0.6 is 11.6 Å². The summed E-state index contributed by atoms with van der Waals surface area (Å²) in [5.74, 6) is 1.68. The Morgan fingerprint density at radius 2 is 1.85 bits per heavy atom. The van der Waals surface area contributed by atoms with Crippen LogP contribution < -0.4 is 10.1 Å². The summed E-state index contributed by atoms with van der Waals surface area (Å²) in [7, 11) is 0. The van der Waals surface area contributed by atoms with Crippen molar-refractivity contribution in [1.82, 2.24) is 19.2 Å². The number of anilines is 1. The molecule has 1 aliphatic rings. The maximum absolute atomic E-state index is 14.1. The highest BCUT2D eigenvalue weighted by Crippen LogP contribution is 2.39. The molecule has 3 aromatic carbocycles. The topological polar surface area (TPSA) is 64.3 Å². The van der Waals surface area contributed by atoms with Gasteiger partial charge in [0.25, 0.3) is 0 Å². The Bertz CT molecular complexity index is 1640. The second kappa shape index (κ2) is 10.3. The largest absolute Gasteiger partial charge is 0.494 e. The summed E-state index contributed by atoms with van der Waals surface area (Å²) in [5, 5.41) is 8.53. The van der Waals surface area contributed by atoms with Crippen LogP contribution in [0.5, 0.6) is 5.75 Å². The molecule has 0 bridgehead atoms. The van der Waals surface area contributed by atoms with Gasteiger partial charge in [0.05, 0.1) is 36.3 Å². The van der Waals surface area contributed by atoms with Crippen molar-refractivity contribution in [3.05, 3.63) is 125 Å². The van der Waals surface area contributed by atoms with Gasteiger partial charge in [-0.2, -0.15) is 5.10 Å². The zero-order valence-electron chi connectivity index (χ0n) is 21.7. The quantitative estimate of drug-likeness (QED) is 0.259. The summed E-state index contributed by atoms with van der Waals surface area (Å²) >= 11 is 6.22. The third-order valence-corrected chi connectivity index (χ3v) is 7.14. The molecule has 5 aromatic rings. The van der Waals surface area contributed by atoms with Gasteiger partial charge in [-0.3, -0.25) is 0 Å². The van der Waals surface area contributed by atoms with Crippen molar-refractivity contribution < 1.29 is 9.53 Å². The summed E-state index contributed by atoms with van der Waals surface area (Å²) in [6.07, 6.45) is 2.03. The molecular formula is C31H28ClN5O2. The Morgan fingerprint density at radius 3 is 2.64 bits per heavy atom. The number of aryl methyl sites for hydroxylation is 1. The van der Waals surface area contributed by atoms with E-state index in [1.807, 2.05) is 102 Å². The van der Waals surface area contributed by atoms with Gasteiger partial charge in [-0.25, -0.2) is 9.48 Å². The van der Waals surface area contributed by atoms with E-state index in [-0.39, 0.29) is 6.03 Å². The maximum atomic E-state index is 14.1. The van der Waals surface area contributed by atoms with E-state index in [9.17, 15) is 4.79 Å². The van der Waals surface area contributed by atoms with E-state index in [0.717, 1.165) is 39.8 Å². The normalized spacial score (nSPS) is 14.3. The molecule has 1 atom stereocenters. The SMILES string of the molecule is CCOc1cccc(C2c3cccn3-c3c(c(C)nn3-c3ccccc3)CN2C(=O)Nc2cccc(Cl)c2)c1. The van der Waals surface area contributed by atoms with E-state index < -0.39 is 6.04 Å². The maximum Gasteiger partial charge on any atom is 0.322 e. The lowest BCUT2D eigenvalue weighted by Crippen LogP contribution is -2.38. The number of ether oxygens (including phenoxy) is 1. The summed E-state index contributed by atoms with van der Waals surface area (Å²) in [5.41, 5.74) is 5.31. The molecule has 196 valence electrons. The Hall–Kier alpha value is -4.49. The summed E-state index contributed by atoms with van der Waals surface area (Å²) in [6.45, 7) is 4.86. The molecule has 0 aliphatic carbocycles. The minimum Gasteiger partial charge on any atom is -0.494 e. The number of fused-ring (bicyclic) bond motifs is 3. The molecule has 0 fully saturated rings. The molecule has 1 unspecified atom stereocenters. The van der Waals surface area contributed by atoms with Gasteiger partial charge in [0.15, 0.2) is 0 Å². The highest BCUT2D eigenvalue weighted by atomic mass is 35.5. The number of nitrogens with zero attached hydrogens (tertiary/aromatic N) is 4. The van der Waals surface area contributed by atoms with Crippen LogP contribution in [0.4, 0.5) is 10.5 Å². The number of para-hydroxylation sites is 1. The standard InChI is InChI=1S/C31H28ClN5O2/c1-3-39-26-15-7-10-22(18-26)29-28-16-9-17-35(28)30-27(21(2)34-37(30)25-13-5-4-6-14-25)20-36(29)31(38)33-24-12-8-11-23(32)19-24/h4-19,29H,3,20H2,1-2H3,(H,33,38). The number of urea groups is 1. The third-order valence-electron chi connectivity index (χ3n) is 6.91. The molecule has 2 amide bonds. The highest BCUT2D eigenvalue weighted by molar-refractivity contribution is 6.30. The van der Waals surface area contributed by atoms with Crippen LogP contribution in [0.25, 0.3) is 11.5 Å². The number of halogens is 1. The minimum absolute atomic E-state index is 0.239. The molecule has 0 saturated heterocycles. The lowest BCUT2D eigenvalue weighted by Gasteiger charge is -2.31.